The van der Waals surface area contributed by atoms with Crippen molar-refractivity contribution in [2.45, 2.75) is 38.5 Å². The molecule has 240 valence electrons. The molecule has 45 heavy (non-hydrogen) atoms. The summed E-state index contributed by atoms with van der Waals surface area (Å²) in [7, 11) is 0. The fourth-order valence-corrected chi connectivity index (χ4v) is 4.64. The number of unbranched alkanes of at least 4 members (excludes halogenated alkanes) is 3. The van der Waals surface area contributed by atoms with E-state index < -0.39 is 0 Å². The Balaban J connectivity index is 1.87. The van der Waals surface area contributed by atoms with Gasteiger partial charge in [0.1, 0.15) is 23.0 Å². The molecular formula is C35H43N3O7. The van der Waals surface area contributed by atoms with Crippen LogP contribution in [0.15, 0.2) is 74.4 Å². The number of carbonyl (C=O) groups is 3. The first-order valence-electron chi connectivity index (χ1n) is 15.2. The number of hydrogen-bond donors (Lipinski definition) is 4. The Kier molecular flexibility index (Phi) is 14.3. The maximum absolute atomic E-state index is 11.6. The van der Waals surface area contributed by atoms with Crippen molar-refractivity contribution in [3.63, 3.8) is 0 Å². The molecule has 3 aromatic carbocycles. The number of hydrogen-bond acceptors (Lipinski definition) is 7. The standard InChI is InChI=1S/C35H43N3O7/c1-4-29(39)36-19-9-12-22-43-27-17-18-28(44-23-13-10-20-37-30(40)5-2)33-32(27)34(42)25-15-7-8-16-26(25)35(33)45-24-14-11-21-38-31(41)6-3/h4-8,15-18,42H,1-3,9-14,19-24H2,(H,36,39)(H,37,40)(H,38,41). The fourth-order valence-electron chi connectivity index (χ4n) is 4.64. The highest BCUT2D eigenvalue weighted by Gasteiger charge is 2.22. The van der Waals surface area contributed by atoms with E-state index in [-0.39, 0.29) is 23.5 Å². The highest BCUT2D eigenvalue weighted by molar-refractivity contribution is 6.15. The number of nitrogens with one attached hydrogen (secondary N) is 3. The van der Waals surface area contributed by atoms with Gasteiger partial charge in [-0.25, -0.2) is 0 Å². The molecule has 0 aliphatic heterocycles. The number of amides is 3. The maximum Gasteiger partial charge on any atom is 0.243 e. The van der Waals surface area contributed by atoms with Gasteiger partial charge in [-0.2, -0.15) is 0 Å². The van der Waals surface area contributed by atoms with Crippen LogP contribution in [0.25, 0.3) is 21.5 Å². The van der Waals surface area contributed by atoms with Crippen molar-refractivity contribution in [3.05, 3.63) is 74.4 Å². The quantitative estimate of drug-likeness (QED) is 0.0744. The molecule has 4 N–H and O–H groups in total. The first kappa shape index (κ1) is 34.5. The van der Waals surface area contributed by atoms with Crippen LogP contribution in [0.5, 0.6) is 23.0 Å². The summed E-state index contributed by atoms with van der Waals surface area (Å²) in [6, 6.07) is 11.1. The topological polar surface area (TPSA) is 135 Å². The second kappa shape index (κ2) is 18.6. The summed E-state index contributed by atoms with van der Waals surface area (Å²) in [4.78, 5) is 34.3. The maximum atomic E-state index is 11.6. The molecule has 0 radical (unpaired) electrons. The van der Waals surface area contributed by atoms with Crippen LogP contribution in [-0.2, 0) is 14.4 Å². The molecule has 0 aliphatic rings. The van der Waals surface area contributed by atoms with Crippen LogP contribution >= 0.6 is 0 Å². The first-order chi connectivity index (χ1) is 21.9. The van der Waals surface area contributed by atoms with Gasteiger partial charge < -0.3 is 35.3 Å². The Morgan fingerprint density at radius 2 is 1.02 bits per heavy atom. The van der Waals surface area contributed by atoms with Gasteiger partial charge in [0, 0.05) is 30.4 Å². The van der Waals surface area contributed by atoms with Crippen molar-refractivity contribution in [1.82, 2.24) is 16.0 Å². The molecule has 0 unspecified atom stereocenters. The fraction of sp³-hybridized carbons (Fsp3) is 0.343. The molecule has 0 aliphatic carbocycles. The van der Waals surface area contributed by atoms with Crippen LogP contribution in [0.1, 0.15) is 38.5 Å². The van der Waals surface area contributed by atoms with Gasteiger partial charge in [0.2, 0.25) is 17.7 Å². The lowest BCUT2D eigenvalue weighted by Crippen LogP contribution is -2.22. The summed E-state index contributed by atoms with van der Waals surface area (Å²) < 4.78 is 18.8. The molecule has 0 atom stereocenters. The van der Waals surface area contributed by atoms with Crippen LogP contribution in [0, 0.1) is 0 Å². The van der Waals surface area contributed by atoms with Gasteiger partial charge in [0.15, 0.2) is 0 Å². The predicted octanol–water partition coefficient (Wildman–Crippen LogP) is 5.08. The largest absolute Gasteiger partial charge is 0.507 e. The molecule has 0 fully saturated rings. The van der Waals surface area contributed by atoms with Crippen molar-refractivity contribution in [1.29, 1.82) is 0 Å². The van der Waals surface area contributed by atoms with E-state index in [0.29, 0.717) is 111 Å². The number of aromatic hydroxyl groups is 1. The number of rotatable bonds is 21. The Morgan fingerprint density at radius 1 is 0.600 bits per heavy atom. The third-order valence-electron chi connectivity index (χ3n) is 6.95. The molecule has 0 saturated heterocycles. The normalized spacial score (nSPS) is 10.6. The van der Waals surface area contributed by atoms with Gasteiger partial charge in [-0.3, -0.25) is 14.4 Å². The van der Waals surface area contributed by atoms with E-state index in [1.165, 1.54) is 18.2 Å². The monoisotopic (exact) mass is 617 g/mol. The average molecular weight is 618 g/mol. The number of phenolic OH excluding ortho intramolecular Hbond substituents is 1. The van der Waals surface area contributed by atoms with Crippen molar-refractivity contribution in [2.75, 3.05) is 39.5 Å². The van der Waals surface area contributed by atoms with E-state index in [1.54, 1.807) is 6.07 Å². The molecule has 0 aromatic heterocycles. The summed E-state index contributed by atoms with van der Waals surface area (Å²) in [6.45, 7) is 13.0. The van der Waals surface area contributed by atoms with Gasteiger partial charge in [0.25, 0.3) is 0 Å². The molecule has 0 saturated carbocycles. The van der Waals surface area contributed by atoms with Crippen LogP contribution in [0.2, 0.25) is 0 Å². The van der Waals surface area contributed by atoms with E-state index >= 15 is 0 Å². The van der Waals surface area contributed by atoms with E-state index in [9.17, 15) is 19.5 Å². The van der Waals surface area contributed by atoms with Gasteiger partial charge >= 0.3 is 0 Å². The van der Waals surface area contributed by atoms with Crippen molar-refractivity contribution in [3.8, 4) is 23.0 Å². The highest BCUT2D eigenvalue weighted by atomic mass is 16.5. The zero-order valence-corrected chi connectivity index (χ0v) is 25.7. The zero-order valence-electron chi connectivity index (χ0n) is 25.7. The molecule has 10 nitrogen and oxygen atoms in total. The average Bonchev–Trinajstić information content (AvgIpc) is 3.06. The Bertz CT molecular complexity index is 1500. The number of carbonyl (C=O) groups excluding carboxylic acids is 3. The minimum atomic E-state index is -0.218. The SMILES string of the molecule is C=CC(=O)NCCCCOc1ccc(OCCCCNC(=O)C=C)c2c(OCCCCNC(=O)C=C)c3ccccc3c(O)c12. The zero-order chi connectivity index (χ0) is 32.4. The smallest absolute Gasteiger partial charge is 0.243 e. The van der Waals surface area contributed by atoms with Gasteiger partial charge in [0.05, 0.1) is 30.6 Å². The molecule has 0 spiro atoms. The predicted molar refractivity (Wildman–Crippen MR) is 177 cm³/mol. The lowest BCUT2D eigenvalue weighted by molar-refractivity contribution is -0.117. The minimum Gasteiger partial charge on any atom is -0.507 e. The molecule has 3 rings (SSSR count). The third kappa shape index (κ3) is 10.3. The summed E-state index contributed by atoms with van der Waals surface area (Å²) in [6.07, 6.45) is 7.90. The Labute approximate surface area is 264 Å². The van der Waals surface area contributed by atoms with Crippen LogP contribution < -0.4 is 30.2 Å². The minimum absolute atomic E-state index is 0.0610. The molecular weight excluding hydrogens is 574 g/mol. The van der Waals surface area contributed by atoms with Gasteiger partial charge in [-0.1, -0.05) is 44.0 Å². The second-order valence-electron chi connectivity index (χ2n) is 10.2. The van der Waals surface area contributed by atoms with Crippen molar-refractivity contribution < 1.29 is 33.7 Å². The lowest BCUT2D eigenvalue weighted by atomic mass is 9.99. The van der Waals surface area contributed by atoms with E-state index in [2.05, 4.69) is 35.7 Å². The molecule has 0 heterocycles. The van der Waals surface area contributed by atoms with Crippen molar-refractivity contribution >= 4 is 39.3 Å². The molecule has 3 amide bonds. The molecule has 3 aromatic rings. The van der Waals surface area contributed by atoms with Crippen molar-refractivity contribution in [2.24, 2.45) is 0 Å². The molecule has 10 heteroatoms. The van der Waals surface area contributed by atoms with E-state index in [0.717, 1.165) is 5.39 Å². The second-order valence-corrected chi connectivity index (χ2v) is 10.2. The summed E-state index contributed by atoms with van der Waals surface area (Å²) >= 11 is 0. The third-order valence-corrected chi connectivity index (χ3v) is 6.95. The van der Waals surface area contributed by atoms with E-state index in [1.807, 2.05) is 30.3 Å². The Hall–Kier alpha value is -4.99. The number of ether oxygens (including phenoxy) is 3. The van der Waals surface area contributed by atoms with Crippen LogP contribution in [0.4, 0.5) is 0 Å². The lowest BCUT2D eigenvalue weighted by Gasteiger charge is -2.20. The van der Waals surface area contributed by atoms with Gasteiger partial charge in [-0.15, -0.1) is 0 Å². The summed E-state index contributed by atoms with van der Waals surface area (Å²) in [5.41, 5.74) is 0. The van der Waals surface area contributed by atoms with Crippen LogP contribution in [0.3, 0.4) is 0 Å². The molecule has 0 bridgehead atoms. The Morgan fingerprint density at radius 3 is 1.49 bits per heavy atom. The van der Waals surface area contributed by atoms with Crippen LogP contribution in [-0.4, -0.2) is 62.3 Å². The summed E-state index contributed by atoms with van der Waals surface area (Å²) in [5, 5.41) is 22.3. The number of fused-ring (bicyclic) bond motifs is 2. The summed E-state index contributed by atoms with van der Waals surface area (Å²) in [5.74, 6) is 1.00. The number of benzene rings is 3. The highest BCUT2D eigenvalue weighted by Crippen LogP contribution is 2.49. The van der Waals surface area contributed by atoms with Gasteiger partial charge in [-0.05, 0) is 68.9 Å². The van der Waals surface area contributed by atoms with E-state index in [4.69, 9.17) is 14.2 Å². The first-order valence-corrected chi connectivity index (χ1v) is 15.2. The number of phenols is 1.